The molecule has 1 atom stereocenters. The van der Waals surface area contributed by atoms with Gasteiger partial charge in [0, 0.05) is 17.8 Å². The predicted molar refractivity (Wildman–Crippen MR) is 57.3 cm³/mol. The molecule has 82 valence electrons. The van der Waals surface area contributed by atoms with Crippen molar-refractivity contribution in [1.29, 1.82) is 0 Å². The molecule has 0 spiro atoms. The third-order valence-corrected chi connectivity index (χ3v) is 2.16. The molecule has 0 amide bonds. The Bertz CT molecular complexity index is 339. The van der Waals surface area contributed by atoms with Gasteiger partial charge in [-0.05, 0) is 18.6 Å². The number of nitrogens with two attached hydrogens (primary N) is 1. The highest BCUT2D eigenvalue weighted by molar-refractivity contribution is 5.75. The molecule has 0 saturated carbocycles. The summed E-state index contributed by atoms with van der Waals surface area (Å²) in [5.74, 6) is -0.404. The monoisotopic (exact) mass is 208 g/mol. The molecule has 0 fully saturated rings. The summed E-state index contributed by atoms with van der Waals surface area (Å²) in [6.45, 7) is 2.03. The van der Waals surface area contributed by atoms with Crippen LogP contribution in [0.15, 0.2) is 18.2 Å². The molecule has 0 aliphatic carbocycles. The van der Waals surface area contributed by atoms with Crippen molar-refractivity contribution in [2.24, 2.45) is 5.73 Å². The number of esters is 1. The Morgan fingerprint density at radius 1 is 1.53 bits per heavy atom. The summed E-state index contributed by atoms with van der Waals surface area (Å²) >= 11 is 0. The topological polar surface area (TPSA) is 65.2 Å². The van der Waals surface area contributed by atoms with Gasteiger partial charge in [0.1, 0.15) is 6.04 Å². The lowest BCUT2D eigenvalue weighted by Gasteiger charge is -2.08. The minimum absolute atomic E-state index is 0.404. The third-order valence-electron chi connectivity index (χ3n) is 2.16. The fraction of sp³-hybridized carbons (Fsp3) is 0.455. The Hall–Kier alpha value is -1.42. The molecule has 0 aromatic carbocycles. The first-order chi connectivity index (χ1) is 7.17. The molecular weight excluding hydrogens is 192 g/mol. The fourth-order valence-corrected chi connectivity index (χ4v) is 1.30. The number of ether oxygens (including phenoxy) is 1. The van der Waals surface area contributed by atoms with Crippen molar-refractivity contribution in [3.8, 4) is 0 Å². The number of aryl methyl sites for hydroxylation is 1. The van der Waals surface area contributed by atoms with E-state index in [1.807, 2.05) is 25.1 Å². The quantitative estimate of drug-likeness (QED) is 0.739. The maximum atomic E-state index is 11.1. The van der Waals surface area contributed by atoms with E-state index in [-0.39, 0.29) is 0 Å². The predicted octanol–water partition coefficient (Wildman–Crippen LogP) is 0.687. The number of carbonyl (C=O) groups excluding carboxylic acids is 1. The molecule has 0 unspecified atom stereocenters. The zero-order valence-corrected chi connectivity index (χ0v) is 9.06. The van der Waals surface area contributed by atoms with Crippen LogP contribution in [0.4, 0.5) is 0 Å². The number of carbonyl (C=O) groups is 1. The molecule has 1 rings (SSSR count). The van der Waals surface area contributed by atoms with E-state index in [1.165, 1.54) is 7.11 Å². The van der Waals surface area contributed by atoms with Crippen LogP contribution in [0.5, 0.6) is 0 Å². The second-order valence-electron chi connectivity index (χ2n) is 3.31. The van der Waals surface area contributed by atoms with Gasteiger partial charge >= 0.3 is 5.97 Å². The molecule has 0 bridgehead atoms. The van der Waals surface area contributed by atoms with Crippen molar-refractivity contribution in [1.82, 2.24) is 4.98 Å². The Kier molecular flexibility index (Phi) is 4.24. The molecule has 4 heteroatoms. The number of hydrogen-bond donors (Lipinski definition) is 1. The van der Waals surface area contributed by atoms with Crippen molar-refractivity contribution >= 4 is 5.97 Å². The first-order valence-corrected chi connectivity index (χ1v) is 4.95. The first-order valence-electron chi connectivity index (χ1n) is 4.95. The molecule has 2 N–H and O–H groups in total. The van der Waals surface area contributed by atoms with E-state index < -0.39 is 12.0 Å². The second kappa shape index (κ2) is 5.46. The summed E-state index contributed by atoms with van der Waals surface area (Å²) in [4.78, 5) is 15.5. The first kappa shape index (κ1) is 11.7. The van der Waals surface area contributed by atoms with E-state index in [1.54, 1.807) is 0 Å². The number of methoxy groups -OCH3 is 1. The second-order valence-corrected chi connectivity index (χ2v) is 3.31. The van der Waals surface area contributed by atoms with Gasteiger partial charge in [-0.25, -0.2) is 0 Å². The van der Waals surface area contributed by atoms with E-state index in [0.717, 1.165) is 17.8 Å². The lowest BCUT2D eigenvalue weighted by atomic mass is 10.1. The lowest BCUT2D eigenvalue weighted by molar-refractivity contribution is -0.142. The summed E-state index contributed by atoms with van der Waals surface area (Å²) in [5, 5.41) is 0. The van der Waals surface area contributed by atoms with E-state index in [0.29, 0.717) is 6.42 Å². The molecular formula is C11H16N2O2. The summed E-state index contributed by atoms with van der Waals surface area (Å²) in [7, 11) is 1.33. The van der Waals surface area contributed by atoms with Gasteiger partial charge in [0.2, 0.25) is 0 Å². The summed E-state index contributed by atoms with van der Waals surface area (Å²) in [6.07, 6.45) is 1.29. The highest BCUT2D eigenvalue weighted by Crippen LogP contribution is 2.03. The molecule has 0 aliphatic rings. The van der Waals surface area contributed by atoms with Gasteiger partial charge in [-0.15, -0.1) is 0 Å². The summed E-state index contributed by atoms with van der Waals surface area (Å²) < 4.78 is 4.55. The standard InChI is InChI=1S/C11H16N2O2/c1-3-8-5-4-6-9(13-8)7-10(12)11(14)15-2/h4-6,10H,3,7,12H2,1-2H3/t10-/m0/s1. The SMILES string of the molecule is CCc1cccc(C[C@H](N)C(=O)OC)n1. The minimum Gasteiger partial charge on any atom is -0.468 e. The average Bonchev–Trinajstić information content (AvgIpc) is 2.28. The maximum Gasteiger partial charge on any atom is 0.323 e. The van der Waals surface area contributed by atoms with Crippen molar-refractivity contribution in [2.45, 2.75) is 25.8 Å². The van der Waals surface area contributed by atoms with Crippen molar-refractivity contribution in [2.75, 3.05) is 7.11 Å². The van der Waals surface area contributed by atoms with Crippen LogP contribution in [-0.2, 0) is 22.4 Å². The van der Waals surface area contributed by atoms with Crippen molar-refractivity contribution in [3.05, 3.63) is 29.6 Å². The molecule has 0 radical (unpaired) electrons. The van der Waals surface area contributed by atoms with Gasteiger partial charge in [-0.3, -0.25) is 9.78 Å². The Labute approximate surface area is 89.5 Å². The third kappa shape index (κ3) is 3.32. The van der Waals surface area contributed by atoms with Gasteiger partial charge in [-0.1, -0.05) is 13.0 Å². The molecule has 1 aromatic rings. The zero-order chi connectivity index (χ0) is 11.3. The van der Waals surface area contributed by atoms with Crippen LogP contribution >= 0.6 is 0 Å². The van der Waals surface area contributed by atoms with E-state index in [4.69, 9.17) is 5.73 Å². The van der Waals surface area contributed by atoms with E-state index in [2.05, 4.69) is 9.72 Å². The average molecular weight is 208 g/mol. The van der Waals surface area contributed by atoms with Gasteiger partial charge in [-0.2, -0.15) is 0 Å². The van der Waals surface area contributed by atoms with Gasteiger partial charge in [0.15, 0.2) is 0 Å². The Morgan fingerprint density at radius 2 is 2.20 bits per heavy atom. The fourth-order valence-electron chi connectivity index (χ4n) is 1.30. The number of nitrogens with zero attached hydrogens (tertiary/aromatic N) is 1. The van der Waals surface area contributed by atoms with Crippen LogP contribution in [0, 0.1) is 0 Å². The number of aromatic nitrogens is 1. The number of pyridine rings is 1. The Balaban J connectivity index is 2.67. The van der Waals surface area contributed by atoms with E-state index in [9.17, 15) is 4.79 Å². The van der Waals surface area contributed by atoms with Crippen LogP contribution in [0.2, 0.25) is 0 Å². The maximum absolute atomic E-state index is 11.1. The van der Waals surface area contributed by atoms with Crippen LogP contribution in [0.3, 0.4) is 0 Å². The van der Waals surface area contributed by atoms with Crippen LogP contribution in [0.1, 0.15) is 18.3 Å². The molecule has 1 heterocycles. The highest BCUT2D eigenvalue weighted by Gasteiger charge is 2.14. The largest absolute Gasteiger partial charge is 0.468 e. The highest BCUT2D eigenvalue weighted by atomic mass is 16.5. The normalized spacial score (nSPS) is 12.2. The minimum atomic E-state index is -0.630. The molecule has 0 aliphatic heterocycles. The van der Waals surface area contributed by atoms with Crippen LogP contribution in [-0.4, -0.2) is 24.1 Å². The van der Waals surface area contributed by atoms with Gasteiger partial charge in [0.05, 0.1) is 7.11 Å². The van der Waals surface area contributed by atoms with Crippen molar-refractivity contribution < 1.29 is 9.53 Å². The van der Waals surface area contributed by atoms with Crippen LogP contribution < -0.4 is 5.73 Å². The zero-order valence-electron chi connectivity index (χ0n) is 9.06. The van der Waals surface area contributed by atoms with Gasteiger partial charge < -0.3 is 10.5 Å². The van der Waals surface area contributed by atoms with Crippen LogP contribution in [0.25, 0.3) is 0 Å². The molecule has 1 aromatic heterocycles. The molecule has 15 heavy (non-hydrogen) atoms. The smallest absolute Gasteiger partial charge is 0.323 e. The number of hydrogen-bond acceptors (Lipinski definition) is 4. The summed E-state index contributed by atoms with van der Waals surface area (Å²) in [5.41, 5.74) is 7.47. The van der Waals surface area contributed by atoms with E-state index >= 15 is 0 Å². The van der Waals surface area contributed by atoms with Crippen molar-refractivity contribution in [3.63, 3.8) is 0 Å². The lowest BCUT2D eigenvalue weighted by Crippen LogP contribution is -2.33. The summed E-state index contributed by atoms with van der Waals surface area (Å²) in [6, 6.07) is 5.11. The Morgan fingerprint density at radius 3 is 2.80 bits per heavy atom. The number of rotatable bonds is 4. The molecule has 4 nitrogen and oxygen atoms in total. The molecule has 0 saturated heterocycles. The van der Waals surface area contributed by atoms with Gasteiger partial charge in [0.25, 0.3) is 0 Å².